The Kier molecular flexibility index (Phi) is 6.72. The van der Waals surface area contributed by atoms with E-state index in [-0.39, 0.29) is 29.8 Å². The second-order valence-corrected chi connectivity index (χ2v) is 9.48. The van der Waals surface area contributed by atoms with Crippen molar-refractivity contribution in [3.8, 4) is 11.3 Å². The molecule has 0 atom stereocenters. The van der Waals surface area contributed by atoms with Crippen molar-refractivity contribution in [2.75, 3.05) is 16.8 Å². The Bertz CT molecular complexity index is 809. The molecule has 0 aliphatic heterocycles. The van der Waals surface area contributed by atoms with Gasteiger partial charge in [0.05, 0.1) is 17.2 Å². The fourth-order valence-corrected chi connectivity index (χ4v) is 4.81. The fourth-order valence-electron chi connectivity index (χ4n) is 2.40. The number of sulfone groups is 1. The van der Waals surface area contributed by atoms with Crippen molar-refractivity contribution < 1.29 is 13.2 Å². The molecule has 25 heavy (non-hydrogen) atoms. The molecule has 7 heteroatoms. The van der Waals surface area contributed by atoms with Crippen molar-refractivity contribution in [1.29, 1.82) is 0 Å². The number of hydrogen-bond acceptors (Lipinski definition) is 5. The first kappa shape index (κ1) is 19.6. The van der Waals surface area contributed by atoms with Crippen molar-refractivity contribution >= 4 is 32.2 Å². The first-order valence-corrected chi connectivity index (χ1v) is 11.0. The van der Waals surface area contributed by atoms with Gasteiger partial charge in [0.2, 0.25) is 5.91 Å². The summed E-state index contributed by atoms with van der Waals surface area (Å²) < 4.78 is 23.7. The molecule has 2 aromatic rings. The molecule has 0 aliphatic rings. The molecule has 0 spiro atoms. The minimum absolute atomic E-state index is 0.0465. The van der Waals surface area contributed by atoms with Crippen LogP contribution in [0.15, 0.2) is 29.6 Å². The number of nitrogens with one attached hydrogen (secondary N) is 1. The highest BCUT2D eigenvalue weighted by molar-refractivity contribution is 7.91. The smallest absolute Gasteiger partial charge is 0.227 e. The second kappa shape index (κ2) is 8.58. The topological polar surface area (TPSA) is 76.1 Å². The van der Waals surface area contributed by atoms with Gasteiger partial charge in [0.15, 0.2) is 15.0 Å². The van der Waals surface area contributed by atoms with Gasteiger partial charge in [-0.25, -0.2) is 13.4 Å². The molecule has 0 unspecified atom stereocenters. The molecule has 2 rings (SSSR count). The van der Waals surface area contributed by atoms with Crippen LogP contribution in [-0.4, -0.2) is 30.8 Å². The summed E-state index contributed by atoms with van der Waals surface area (Å²) in [4.78, 5) is 16.4. The van der Waals surface area contributed by atoms with E-state index < -0.39 is 9.84 Å². The Hall–Kier alpha value is -1.73. The number of rotatable bonds is 8. The van der Waals surface area contributed by atoms with Gasteiger partial charge in [-0.2, -0.15) is 0 Å². The third-order valence-corrected chi connectivity index (χ3v) is 6.39. The van der Waals surface area contributed by atoms with Crippen LogP contribution in [0.2, 0.25) is 0 Å². The highest BCUT2D eigenvalue weighted by atomic mass is 32.2. The number of benzene rings is 1. The lowest BCUT2D eigenvalue weighted by molar-refractivity contribution is -0.115. The van der Waals surface area contributed by atoms with Crippen LogP contribution in [0.5, 0.6) is 0 Å². The zero-order chi connectivity index (χ0) is 18.4. The van der Waals surface area contributed by atoms with Gasteiger partial charge >= 0.3 is 0 Å². The van der Waals surface area contributed by atoms with Crippen LogP contribution in [0.1, 0.15) is 32.8 Å². The number of hydrogen-bond donors (Lipinski definition) is 1. The number of nitrogens with zero attached hydrogens (tertiary/aromatic N) is 1. The van der Waals surface area contributed by atoms with Crippen molar-refractivity contribution in [3.63, 3.8) is 0 Å². The molecule has 1 aromatic heterocycles. The summed E-state index contributed by atoms with van der Waals surface area (Å²) in [5.74, 6) is -0.286. The molecule has 0 saturated heterocycles. The molecule has 1 N–H and O–H groups in total. The third kappa shape index (κ3) is 6.25. The number of aryl methyl sites for hydroxylation is 1. The van der Waals surface area contributed by atoms with Gasteiger partial charge in [-0.1, -0.05) is 45.0 Å². The van der Waals surface area contributed by atoms with E-state index in [2.05, 4.69) is 29.4 Å². The zero-order valence-electron chi connectivity index (χ0n) is 14.8. The van der Waals surface area contributed by atoms with Gasteiger partial charge in [0.25, 0.3) is 0 Å². The highest BCUT2D eigenvalue weighted by Crippen LogP contribution is 2.25. The van der Waals surface area contributed by atoms with E-state index in [1.807, 2.05) is 31.4 Å². The molecule has 0 bridgehead atoms. The number of carbonyl (C=O) groups is 1. The summed E-state index contributed by atoms with van der Waals surface area (Å²) in [5.41, 5.74) is 3.05. The predicted molar refractivity (Wildman–Crippen MR) is 104 cm³/mol. The summed E-state index contributed by atoms with van der Waals surface area (Å²) in [6, 6.07) is 8.15. The van der Waals surface area contributed by atoms with Crippen LogP contribution in [0.25, 0.3) is 11.3 Å². The molecule has 0 fully saturated rings. The van der Waals surface area contributed by atoms with E-state index in [9.17, 15) is 13.2 Å². The van der Waals surface area contributed by atoms with E-state index in [1.54, 1.807) is 0 Å². The molecule has 1 heterocycles. The Labute approximate surface area is 153 Å². The van der Waals surface area contributed by atoms with Crippen LogP contribution < -0.4 is 5.32 Å². The molecular formula is C18H24N2O3S2. The van der Waals surface area contributed by atoms with Crippen molar-refractivity contribution in [1.82, 2.24) is 4.98 Å². The van der Waals surface area contributed by atoms with Gasteiger partial charge in [-0.05, 0) is 17.9 Å². The SMILES string of the molecule is CCc1ccc(-c2csc(NC(=O)CCS(=O)(=O)CC(C)C)n2)cc1. The molecular weight excluding hydrogens is 356 g/mol. The summed E-state index contributed by atoms with van der Waals surface area (Å²) in [7, 11) is -3.19. The highest BCUT2D eigenvalue weighted by Gasteiger charge is 2.16. The number of amides is 1. The molecule has 5 nitrogen and oxygen atoms in total. The van der Waals surface area contributed by atoms with Crippen molar-refractivity contribution in [2.24, 2.45) is 5.92 Å². The maximum atomic E-state index is 12.0. The Balaban J connectivity index is 1.93. The van der Waals surface area contributed by atoms with Crippen molar-refractivity contribution in [3.05, 3.63) is 35.2 Å². The Morgan fingerprint density at radius 1 is 1.24 bits per heavy atom. The number of anilines is 1. The van der Waals surface area contributed by atoms with Crippen LogP contribution in [-0.2, 0) is 21.1 Å². The lowest BCUT2D eigenvalue weighted by atomic mass is 10.1. The average Bonchev–Trinajstić information content (AvgIpc) is 3.00. The number of thiazole rings is 1. The Morgan fingerprint density at radius 2 is 1.92 bits per heavy atom. The maximum Gasteiger partial charge on any atom is 0.227 e. The van der Waals surface area contributed by atoms with Crippen LogP contribution in [0.4, 0.5) is 5.13 Å². The summed E-state index contributed by atoms with van der Waals surface area (Å²) >= 11 is 1.33. The molecule has 0 radical (unpaired) electrons. The van der Waals surface area contributed by atoms with Crippen molar-refractivity contribution in [2.45, 2.75) is 33.6 Å². The first-order chi connectivity index (χ1) is 11.8. The normalized spacial score (nSPS) is 11.7. The molecule has 0 saturated carbocycles. The quantitative estimate of drug-likeness (QED) is 0.756. The van der Waals surface area contributed by atoms with E-state index in [1.165, 1.54) is 16.9 Å². The van der Waals surface area contributed by atoms with E-state index in [0.717, 1.165) is 17.7 Å². The Morgan fingerprint density at radius 3 is 2.52 bits per heavy atom. The van der Waals surface area contributed by atoms with E-state index >= 15 is 0 Å². The zero-order valence-corrected chi connectivity index (χ0v) is 16.4. The predicted octanol–water partition coefficient (Wildman–Crippen LogP) is 3.77. The lowest BCUT2D eigenvalue weighted by Crippen LogP contribution is -2.20. The molecule has 136 valence electrons. The summed E-state index contributed by atoms with van der Waals surface area (Å²) in [6.07, 6.45) is 0.938. The second-order valence-electron chi connectivity index (χ2n) is 6.39. The number of carbonyl (C=O) groups excluding carboxylic acids is 1. The van der Waals surface area contributed by atoms with Gasteiger partial charge < -0.3 is 5.32 Å². The standard InChI is InChI=1S/C18H24N2O3S2/c1-4-14-5-7-15(8-6-14)16-11-24-18(19-16)20-17(21)9-10-25(22,23)12-13(2)3/h5-8,11,13H,4,9-10,12H2,1-3H3,(H,19,20,21). The lowest BCUT2D eigenvalue weighted by Gasteiger charge is -2.06. The van der Waals surface area contributed by atoms with Crippen LogP contribution >= 0.6 is 11.3 Å². The largest absolute Gasteiger partial charge is 0.302 e. The molecule has 1 amide bonds. The fraction of sp³-hybridized carbons (Fsp3) is 0.444. The van der Waals surface area contributed by atoms with Gasteiger partial charge in [0.1, 0.15) is 0 Å². The van der Waals surface area contributed by atoms with Gasteiger partial charge in [-0.15, -0.1) is 11.3 Å². The summed E-state index contributed by atoms with van der Waals surface area (Å²) in [5, 5.41) is 5.05. The van der Waals surface area contributed by atoms with E-state index in [0.29, 0.717) is 5.13 Å². The monoisotopic (exact) mass is 380 g/mol. The number of aromatic nitrogens is 1. The van der Waals surface area contributed by atoms with Gasteiger partial charge in [0, 0.05) is 17.4 Å². The molecule has 1 aromatic carbocycles. The van der Waals surface area contributed by atoms with Gasteiger partial charge in [-0.3, -0.25) is 4.79 Å². The van der Waals surface area contributed by atoms with Crippen LogP contribution in [0.3, 0.4) is 0 Å². The minimum atomic E-state index is -3.19. The average molecular weight is 381 g/mol. The van der Waals surface area contributed by atoms with E-state index in [4.69, 9.17) is 0 Å². The maximum absolute atomic E-state index is 12.0. The summed E-state index contributed by atoms with van der Waals surface area (Å²) in [6.45, 7) is 5.80. The van der Waals surface area contributed by atoms with Crippen LogP contribution in [0, 0.1) is 5.92 Å². The first-order valence-electron chi connectivity index (χ1n) is 8.34. The third-order valence-electron chi connectivity index (χ3n) is 3.64. The minimum Gasteiger partial charge on any atom is -0.302 e. The molecule has 0 aliphatic carbocycles.